The van der Waals surface area contributed by atoms with Gasteiger partial charge < -0.3 is 10.5 Å². The van der Waals surface area contributed by atoms with Crippen LogP contribution in [0.4, 0.5) is 4.39 Å². The topological polar surface area (TPSA) is 53.1 Å². The van der Waals surface area contributed by atoms with Crippen molar-refractivity contribution in [3.05, 3.63) is 11.3 Å². The molecule has 1 unspecified atom stereocenters. The number of nitrogens with two attached hydrogens (primary N) is 1. The minimum Gasteiger partial charge on any atom is -0.481 e. The van der Waals surface area contributed by atoms with E-state index in [0.717, 1.165) is 0 Å². The Morgan fingerprint density at radius 1 is 1.64 bits per heavy atom. The third-order valence-corrected chi connectivity index (χ3v) is 2.14. The molecule has 1 rings (SSSR count). The zero-order chi connectivity index (χ0) is 10.7. The van der Waals surface area contributed by atoms with Crippen LogP contribution in [0.5, 0.6) is 5.88 Å². The Kier molecular flexibility index (Phi) is 3.46. The predicted octanol–water partition coefficient (Wildman–Crippen LogP) is 1.10. The molecule has 0 saturated heterocycles. The first-order chi connectivity index (χ1) is 6.61. The molecule has 0 aliphatic rings. The van der Waals surface area contributed by atoms with E-state index in [0.29, 0.717) is 30.1 Å². The van der Waals surface area contributed by atoms with E-state index in [4.69, 9.17) is 10.5 Å². The van der Waals surface area contributed by atoms with Gasteiger partial charge in [0.15, 0.2) is 0 Å². The summed E-state index contributed by atoms with van der Waals surface area (Å²) in [4.78, 5) is 0. The molecule has 1 aromatic rings. The van der Waals surface area contributed by atoms with Gasteiger partial charge in [0, 0.05) is 7.05 Å². The van der Waals surface area contributed by atoms with E-state index in [1.807, 2.05) is 0 Å². The lowest BCUT2D eigenvalue weighted by atomic mass is 10.1. The lowest BCUT2D eigenvalue weighted by Gasteiger charge is -2.08. The highest BCUT2D eigenvalue weighted by molar-refractivity contribution is 5.33. The Hall–Kier alpha value is -1.10. The minimum atomic E-state index is -1.09. The predicted molar refractivity (Wildman–Crippen MR) is 52.0 cm³/mol. The Morgan fingerprint density at radius 2 is 2.29 bits per heavy atom. The van der Waals surface area contributed by atoms with Crippen molar-refractivity contribution < 1.29 is 9.13 Å². The second-order valence-corrected chi connectivity index (χ2v) is 3.18. The van der Waals surface area contributed by atoms with Crippen LogP contribution in [0.1, 0.15) is 23.8 Å². The van der Waals surface area contributed by atoms with Gasteiger partial charge in [0.05, 0.1) is 18.4 Å². The van der Waals surface area contributed by atoms with E-state index in [-0.39, 0.29) is 0 Å². The fourth-order valence-electron chi connectivity index (χ4n) is 1.55. The number of nitrogens with zero attached hydrogens (tertiary/aromatic N) is 2. The Labute approximate surface area is 82.8 Å². The zero-order valence-electron chi connectivity index (χ0n) is 8.75. The average molecular weight is 201 g/mol. The number of alkyl halides is 1. The van der Waals surface area contributed by atoms with E-state index >= 15 is 0 Å². The lowest BCUT2D eigenvalue weighted by Crippen LogP contribution is -2.05. The van der Waals surface area contributed by atoms with Crippen molar-refractivity contribution in [2.24, 2.45) is 12.8 Å². The van der Waals surface area contributed by atoms with Crippen LogP contribution in [0.15, 0.2) is 0 Å². The van der Waals surface area contributed by atoms with Crippen molar-refractivity contribution in [2.75, 3.05) is 13.7 Å². The van der Waals surface area contributed by atoms with Gasteiger partial charge in [-0.2, -0.15) is 5.10 Å². The van der Waals surface area contributed by atoms with Crippen molar-refractivity contribution in [3.63, 3.8) is 0 Å². The molecule has 2 N–H and O–H groups in total. The summed E-state index contributed by atoms with van der Waals surface area (Å²) >= 11 is 0. The highest BCUT2D eigenvalue weighted by Crippen LogP contribution is 2.31. The molecule has 1 heterocycles. The van der Waals surface area contributed by atoms with Gasteiger partial charge in [-0.25, -0.2) is 9.07 Å². The summed E-state index contributed by atoms with van der Waals surface area (Å²) in [6.45, 7) is 2.08. The maximum Gasteiger partial charge on any atom is 0.217 e. The van der Waals surface area contributed by atoms with Crippen LogP contribution in [-0.2, 0) is 7.05 Å². The highest BCUT2D eigenvalue weighted by Gasteiger charge is 2.21. The molecule has 0 fully saturated rings. The van der Waals surface area contributed by atoms with Crippen LogP contribution in [0.2, 0.25) is 0 Å². The number of ether oxygens (including phenoxy) is 1. The van der Waals surface area contributed by atoms with Gasteiger partial charge in [-0.1, -0.05) is 0 Å². The third kappa shape index (κ3) is 1.87. The summed E-state index contributed by atoms with van der Waals surface area (Å²) in [6, 6.07) is 0. The van der Waals surface area contributed by atoms with Gasteiger partial charge in [-0.05, 0) is 19.9 Å². The second-order valence-electron chi connectivity index (χ2n) is 3.18. The lowest BCUT2D eigenvalue weighted by molar-refractivity contribution is 0.303. The van der Waals surface area contributed by atoms with Crippen molar-refractivity contribution >= 4 is 0 Å². The number of aromatic nitrogens is 2. The maximum absolute atomic E-state index is 13.6. The van der Waals surface area contributed by atoms with Gasteiger partial charge in [0.1, 0.15) is 6.17 Å². The SMILES string of the molecule is COc1c(C(F)CCN)c(C)nn1C. The first-order valence-corrected chi connectivity index (χ1v) is 4.53. The number of rotatable bonds is 4. The second kappa shape index (κ2) is 4.41. The maximum atomic E-state index is 13.6. The van der Waals surface area contributed by atoms with Gasteiger partial charge >= 0.3 is 0 Å². The molecule has 1 aromatic heterocycles. The smallest absolute Gasteiger partial charge is 0.217 e. The molecule has 0 bridgehead atoms. The van der Waals surface area contributed by atoms with Crippen molar-refractivity contribution in [1.82, 2.24) is 9.78 Å². The summed E-state index contributed by atoms with van der Waals surface area (Å²) < 4.78 is 20.3. The Morgan fingerprint density at radius 3 is 2.79 bits per heavy atom. The standard InChI is InChI=1S/C9H16FN3O/c1-6-8(7(10)4-5-11)9(14-3)13(2)12-6/h7H,4-5,11H2,1-3H3. The van der Waals surface area contributed by atoms with Gasteiger partial charge in [-0.15, -0.1) is 0 Å². The Balaban J connectivity index is 3.04. The molecular formula is C9H16FN3O. The molecule has 0 aliphatic carbocycles. The van der Waals surface area contributed by atoms with Crippen molar-refractivity contribution in [2.45, 2.75) is 19.5 Å². The summed E-state index contributed by atoms with van der Waals surface area (Å²) in [5.41, 5.74) is 6.48. The fourth-order valence-corrected chi connectivity index (χ4v) is 1.55. The van der Waals surface area contributed by atoms with Gasteiger partial charge in [0.2, 0.25) is 5.88 Å². The zero-order valence-corrected chi connectivity index (χ0v) is 8.75. The minimum absolute atomic E-state index is 0.295. The molecular weight excluding hydrogens is 185 g/mol. The van der Waals surface area contributed by atoms with Crippen LogP contribution in [0.25, 0.3) is 0 Å². The summed E-state index contributed by atoms with van der Waals surface area (Å²) in [5, 5.41) is 4.10. The normalized spacial score (nSPS) is 12.9. The molecule has 0 amide bonds. The number of hydrogen-bond donors (Lipinski definition) is 1. The van der Waals surface area contributed by atoms with Gasteiger partial charge in [0.25, 0.3) is 0 Å². The molecule has 14 heavy (non-hydrogen) atoms. The monoisotopic (exact) mass is 201 g/mol. The first-order valence-electron chi connectivity index (χ1n) is 4.53. The van der Waals surface area contributed by atoms with Crippen LogP contribution >= 0.6 is 0 Å². The summed E-state index contributed by atoms with van der Waals surface area (Å²) in [5.74, 6) is 0.475. The van der Waals surface area contributed by atoms with Crippen LogP contribution in [-0.4, -0.2) is 23.4 Å². The molecule has 0 aliphatic heterocycles. The van der Waals surface area contributed by atoms with E-state index in [9.17, 15) is 4.39 Å². The largest absolute Gasteiger partial charge is 0.481 e. The highest BCUT2D eigenvalue weighted by atomic mass is 19.1. The average Bonchev–Trinajstić information content (AvgIpc) is 2.40. The number of methoxy groups -OCH3 is 1. The van der Waals surface area contributed by atoms with E-state index in [1.165, 1.54) is 11.8 Å². The van der Waals surface area contributed by atoms with Crippen LogP contribution in [0.3, 0.4) is 0 Å². The molecule has 4 nitrogen and oxygen atoms in total. The van der Waals surface area contributed by atoms with Crippen molar-refractivity contribution in [3.8, 4) is 5.88 Å². The molecule has 0 spiro atoms. The van der Waals surface area contributed by atoms with Crippen LogP contribution < -0.4 is 10.5 Å². The van der Waals surface area contributed by atoms with E-state index in [2.05, 4.69) is 5.10 Å². The molecule has 5 heteroatoms. The Bertz CT molecular complexity index is 311. The molecule has 80 valence electrons. The summed E-state index contributed by atoms with van der Waals surface area (Å²) in [7, 11) is 3.24. The third-order valence-electron chi connectivity index (χ3n) is 2.14. The quantitative estimate of drug-likeness (QED) is 0.793. The number of halogens is 1. The van der Waals surface area contributed by atoms with E-state index < -0.39 is 6.17 Å². The summed E-state index contributed by atoms with van der Waals surface area (Å²) in [6.07, 6.45) is -0.799. The molecule has 0 radical (unpaired) electrons. The molecule has 0 aromatic carbocycles. The van der Waals surface area contributed by atoms with Gasteiger partial charge in [-0.3, -0.25) is 0 Å². The van der Waals surface area contributed by atoms with E-state index in [1.54, 1.807) is 14.0 Å². The molecule has 0 saturated carbocycles. The van der Waals surface area contributed by atoms with Crippen LogP contribution in [0, 0.1) is 6.92 Å². The first kappa shape index (κ1) is 11.0. The molecule has 1 atom stereocenters. The fraction of sp³-hybridized carbons (Fsp3) is 0.667. The number of hydrogen-bond acceptors (Lipinski definition) is 3. The van der Waals surface area contributed by atoms with Crippen molar-refractivity contribution in [1.29, 1.82) is 0 Å². The number of aryl methyl sites for hydroxylation is 2.